The van der Waals surface area contributed by atoms with Crippen molar-refractivity contribution in [1.29, 1.82) is 0 Å². The van der Waals surface area contributed by atoms with Gasteiger partial charge < -0.3 is 19.4 Å². The molecule has 2 unspecified atom stereocenters. The minimum Gasteiger partial charge on any atom is -0.468 e. The molecule has 0 amide bonds. The molecule has 1 aliphatic heterocycles. The molecule has 0 radical (unpaired) electrons. The van der Waals surface area contributed by atoms with Crippen LogP contribution in [0, 0.1) is 0 Å². The summed E-state index contributed by atoms with van der Waals surface area (Å²) in [5.41, 5.74) is 0. The van der Waals surface area contributed by atoms with Gasteiger partial charge in [0.15, 0.2) is 0 Å². The molecule has 4 nitrogen and oxygen atoms in total. The molecule has 1 aromatic rings. The summed E-state index contributed by atoms with van der Waals surface area (Å²) in [5, 5.41) is 3.43. The summed E-state index contributed by atoms with van der Waals surface area (Å²) in [5.74, 6) is 0.960. The van der Waals surface area contributed by atoms with Crippen LogP contribution in [-0.4, -0.2) is 44.3 Å². The number of nitrogens with zero attached hydrogens (tertiary/aromatic N) is 1. The Morgan fingerprint density at radius 2 is 2.50 bits per heavy atom. The highest BCUT2D eigenvalue weighted by atomic mass is 16.5. The minimum atomic E-state index is 0.155. The molecule has 0 aromatic carbocycles. The van der Waals surface area contributed by atoms with Gasteiger partial charge >= 0.3 is 0 Å². The zero-order chi connectivity index (χ0) is 11.4. The van der Waals surface area contributed by atoms with Gasteiger partial charge in [0.2, 0.25) is 0 Å². The fourth-order valence-corrected chi connectivity index (χ4v) is 2.12. The number of furan rings is 1. The molecule has 2 heterocycles. The van der Waals surface area contributed by atoms with Crippen molar-refractivity contribution in [2.45, 2.75) is 19.1 Å². The third-order valence-corrected chi connectivity index (χ3v) is 2.94. The molecule has 1 saturated heterocycles. The van der Waals surface area contributed by atoms with Gasteiger partial charge in [-0.15, -0.1) is 0 Å². The molecule has 0 saturated carbocycles. The highest BCUT2D eigenvalue weighted by Crippen LogP contribution is 2.22. The van der Waals surface area contributed by atoms with Crippen LogP contribution in [-0.2, 0) is 4.74 Å². The Hall–Kier alpha value is -0.840. The van der Waals surface area contributed by atoms with E-state index in [0.717, 1.165) is 32.0 Å². The predicted molar refractivity (Wildman–Crippen MR) is 62.4 cm³/mol. The van der Waals surface area contributed by atoms with Gasteiger partial charge in [-0.1, -0.05) is 6.92 Å². The van der Waals surface area contributed by atoms with Crippen molar-refractivity contribution in [3.63, 3.8) is 0 Å². The topological polar surface area (TPSA) is 37.6 Å². The quantitative estimate of drug-likeness (QED) is 0.835. The number of hydrogen-bond acceptors (Lipinski definition) is 4. The number of rotatable bonds is 4. The van der Waals surface area contributed by atoms with Gasteiger partial charge in [-0.05, 0) is 25.7 Å². The van der Waals surface area contributed by atoms with Crippen molar-refractivity contribution < 1.29 is 9.15 Å². The molecule has 90 valence electrons. The molecule has 0 spiro atoms. The van der Waals surface area contributed by atoms with E-state index in [2.05, 4.69) is 24.2 Å². The lowest BCUT2D eigenvalue weighted by atomic mass is 10.1. The highest BCUT2D eigenvalue weighted by Gasteiger charge is 2.29. The van der Waals surface area contributed by atoms with E-state index < -0.39 is 0 Å². The van der Waals surface area contributed by atoms with Crippen LogP contribution in [0.3, 0.4) is 0 Å². The van der Waals surface area contributed by atoms with Gasteiger partial charge in [0.05, 0.1) is 25.0 Å². The lowest BCUT2D eigenvalue weighted by Crippen LogP contribution is -2.46. The first-order valence-electron chi connectivity index (χ1n) is 5.88. The minimum absolute atomic E-state index is 0.155. The van der Waals surface area contributed by atoms with Crippen LogP contribution in [0.5, 0.6) is 0 Å². The fourth-order valence-electron chi connectivity index (χ4n) is 2.12. The predicted octanol–water partition coefficient (Wildman–Crippen LogP) is 1.26. The summed E-state index contributed by atoms with van der Waals surface area (Å²) in [6.45, 7) is 5.76. The molecule has 1 N–H and O–H groups in total. The summed E-state index contributed by atoms with van der Waals surface area (Å²) < 4.78 is 11.3. The molecular weight excluding hydrogens is 204 g/mol. The van der Waals surface area contributed by atoms with E-state index in [4.69, 9.17) is 9.15 Å². The molecule has 1 aromatic heterocycles. The van der Waals surface area contributed by atoms with Gasteiger partial charge in [-0.2, -0.15) is 0 Å². The number of hydrogen-bond donors (Lipinski definition) is 1. The Balaban J connectivity index is 2.06. The average Bonchev–Trinajstić information content (AvgIpc) is 2.79. The summed E-state index contributed by atoms with van der Waals surface area (Å²) in [4.78, 5) is 2.29. The Morgan fingerprint density at radius 3 is 3.12 bits per heavy atom. The first kappa shape index (κ1) is 11.6. The van der Waals surface area contributed by atoms with Crippen molar-refractivity contribution in [2.24, 2.45) is 0 Å². The Labute approximate surface area is 96.6 Å². The summed E-state index contributed by atoms with van der Waals surface area (Å²) in [6.07, 6.45) is 1.89. The molecule has 4 heteroatoms. The number of ether oxygens (including phenoxy) is 1. The highest BCUT2D eigenvalue weighted by molar-refractivity contribution is 5.07. The molecule has 0 aliphatic carbocycles. The van der Waals surface area contributed by atoms with E-state index in [9.17, 15) is 0 Å². The number of nitrogens with one attached hydrogen (secondary N) is 1. The zero-order valence-corrected chi connectivity index (χ0v) is 9.98. The second-order valence-corrected chi connectivity index (χ2v) is 4.22. The normalized spacial score (nSPS) is 24.5. The van der Waals surface area contributed by atoms with E-state index in [1.807, 2.05) is 12.1 Å². The molecule has 1 aliphatic rings. The van der Waals surface area contributed by atoms with E-state index in [-0.39, 0.29) is 12.1 Å². The van der Waals surface area contributed by atoms with Gasteiger partial charge in [0.25, 0.3) is 0 Å². The second kappa shape index (κ2) is 5.48. The average molecular weight is 224 g/mol. The first-order valence-corrected chi connectivity index (χ1v) is 5.88. The molecule has 2 atom stereocenters. The third kappa shape index (κ3) is 2.64. The first-order chi connectivity index (χ1) is 7.81. The zero-order valence-electron chi connectivity index (χ0n) is 9.98. The molecule has 16 heavy (non-hydrogen) atoms. The van der Waals surface area contributed by atoms with Crippen molar-refractivity contribution in [2.75, 3.05) is 33.3 Å². The van der Waals surface area contributed by atoms with Crippen molar-refractivity contribution in [3.8, 4) is 0 Å². The summed E-state index contributed by atoms with van der Waals surface area (Å²) in [6, 6.07) is 4.08. The van der Waals surface area contributed by atoms with Gasteiger partial charge in [-0.3, -0.25) is 0 Å². The third-order valence-electron chi connectivity index (χ3n) is 2.94. The van der Waals surface area contributed by atoms with Crippen LogP contribution >= 0.6 is 0 Å². The maximum atomic E-state index is 5.82. The van der Waals surface area contributed by atoms with Crippen LogP contribution in [0.15, 0.2) is 22.8 Å². The second-order valence-electron chi connectivity index (χ2n) is 4.22. The lowest BCUT2D eigenvalue weighted by Gasteiger charge is -2.34. The van der Waals surface area contributed by atoms with E-state index in [1.165, 1.54) is 0 Å². The largest absolute Gasteiger partial charge is 0.468 e. The maximum Gasteiger partial charge on any atom is 0.123 e. The Kier molecular flexibility index (Phi) is 3.98. The van der Waals surface area contributed by atoms with E-state index in [0.29, 0.717) is 0 Å². The van der Waals surface area contributed by atoms with Crippen LogP contribution in [0.4, 0.5) is 0 Å². The summed E-state index contributed by atoms with van der Waals surface area (Å²) in [7, 11) is 2.13. The molecule has 0 bridgehead atoms. The van der Waals surface area contributed by atoms with Gasteiger partial charge in [-0.25, -0.2) is 0 Å². The smallest absolute Gasteiger partial charge is 0.123 e. The van der Waals surface area contributed by atoms with Crippen molar-refractivity contribution >= 4 is 0 Å². The van der Waals surface area contributed by atoms with Crippen LogP contribution < -0.4 is 5.32 Å². The summed E-state index contributed by atoms with van der Waals surface area (Å²) >= 11 is 0. The number of likely N-dealkylation sites (N-methyl/N-ethyl adjacent to an activating group) is 2. The van der Waals surface area contributed by atoms with Gasteiger partial charge in [0.1, 0.15) is 5.76 Å². The maximum absolute atomic E-state index is 5.82. The van der Waals surface area contributed by atoms with Gasteiger partial charge in [0, 0.05) is 13.1 Å². The van der Waals surface area contributed by atoms with E-state index in [1.54, 1.807) is 6.26 Å². The number of morpholine rings is 1. The van der Waals surface area contributed by atoms with Crippen LogP contribution in [0.2, 0.25) is 0 Å². The lowest BCUT2D eigenvalue weighted by molar-refractivity contribution is -0.0424. The van der Waals surface area contributed by atoms with Crippen LogP contribution in [0.1, 0.15) is 18.7 Å². The monoisotopic (exact) mass is 224 g/mol. The van der Waals surface area contributed by atoms with Crippen LogP contribution in [0.25, 0.3) is 0 Å². The molecular formula is C12H20N2O2. The standard InChI is InChI=1S/C12H20N2O2/c1-3-13-12(10-5-4-7-15-10)11-9-14(2)6-8-16-11/h4-5,7,11-13H,3,6,8-9H2,1-2H3. The van der Waals surface area contributed by atoms with Crippen molar-refractivity contribution in [3.05, 3.63) is 24.2 Å². The molecule has 2 rings (SSSR count). The Morgan fingerprint density at radius 1 is 1.62 bits per heavy atom. The van der Waals surface area contributed by atoms with Crippen molar-refractivity contribution in [1.82, 2.24) is 10.2 Å². The fraction of sp³-hybridized carbons (Fsp3) is 0.667. The Bertz CT molecular complexity index is 300. The molecule has 1 fully saturated rings. The van der Waals surface area contributed by atoms with E-state index >= 15 is 0 Å². The SMILES string of the molecule is CCNC(c1ccco1)C1CN(C)CCO1.